The molecule has 0 atom stereocenters. The normalized spacial score (nSPS) is 8.47. The number of halogens is 1. The maximum atomic E-state index is 10.1. The fourth-order valence-corrected chi connectivity index (χ4v) is 1.14. The monoisotopic (exact) mass is 270 g/mol. The Morgan fingerprint density at radius 3 is 2.11 bits per heavy atom. The number of rotatable bonds is 3. The molecule has 0 aliphatic heterocycles. The summed E-state index contributed by atoms with van der Waals surface area (Å²) in [4.78, 5) is 10.1. The summed E-state index contributed by atoms with van der Waals surface area (Å²) >= 11 is 5.60. The fraction of sp³-hybridized carbons (Fsp3) is 0.0714. The first-order valence-corrected chi connectivity index (χ1v) is 5.57. The molecule has 3 nitrogen and oxygen atoms in total. The van der Waals surface area contributed by atoms with Crippen LogP contribution in [0.4, 0.5) is 0 Å². The van der Waals surface area contributed by atoms with Gasteiger partial charge in [0.1, 0.15) is 5.75 Å². The Bertz CT molecular complexity index is 433. The van der Waals surface area contributed by atoms with E-state index in [9.17, 15) is 4.79 Å². The zero-order chi connectivity index (χ0) is 13.2. The molecule has 0 aliphatic rings. The third kappa shape index (κ3) is 9.21. The molecule has 0 heterocycles. The summed E-state index contributed by atoms with van der Waals surface area (Å²) < 4.78 is 4.86. The number of hydrogen-bond donors (Lipinski definition) is 1. The summed E-state index contributed by atoms with van der Waals surface area (Å²) in [7, 11) is 0. The molecule has 19 heavy (non-hydrogen) atoms. The minimum atomic E-state index is -0.995. The van der Waals surface area contributed by atoms with Crippen molar-refractivity contribution in [3.63, 3.8) is 0 Å². The standard InChI is InChI=1S/C8H7ClO3.C6H5.Li/c9-6-1-3-7(4-2-6)12-5-8(10)11;1-2-4-6-5-3-1;/h1-4H,5H2,(H,10,11);1-5H;/q;-1;+1. The summed E-state index contributed by atoms with van der Waals surface area (Å²) in [6.45, 7) is -0.332. The van der Waals surface area contributed by atoms with Crippen LogP contribution in [0, 0.1) is 6.07 Å². The van der Waals surface area contributed by atoms with Crippen molar-refractivity contribution in [2.45, 2.75) is 0 Å². The van der Waals surface area contributed by atoms with E-state index in [1.165, 1.54) is 0 Å². The molecule has 0 aromatic heterocycles. The van der Waals surface area contributed by atoms with E-state index in [1.807, 2.05) is 30.3 Å². The number of hydrogen-bond acceptors (Lipinski definition) is 2. The average Bonchev–Trinajstić information content (AvgIpc) is 2.41. The number of ether oxygens (including phenoxy) is 1. The molecule has 2 aromatic rings. The van der Waals surface area contributed by atoms with E-state index in [-0.39, 0.29) is 25.5 Å². The molecule has 0 amide bonds. The predicted molar refractivity (Wildman–Crippen MR) is 69.9 cm³/mol. The predicted octanol–water partition coefficient (Wildman–Crippen LogP) is 0.294. The van der Waals surface area contributed by atoms with E-state index >= 15 is 0 Å². The van der Waals surface area contributed by atoms with Crippen LogP contribution in [-0.2, 0) is 4.79 Å². The van der Waals surface area contributed by atoms with Gasteiger partial charge >= 0.3 is 24.8 Å². The van der Waals surface area contributed by atoms with E-state index < -0.39 is 5.97 Å². The molecule has 2 rings (SSSR count). The zero-order valence-electron chi connectivity index (χ0n) is 10.5. The molecule has 0 unspecified atom stereocenters. The van der Waals surface area contributed by atoms with Crippen LogP contribution < -0.4 is 23.6 Å². The number of aliphatic carboxylic acids is 1. The second-order valence-corrected chi connectivity index (χ2v) is 3.65. The van der Waals surface area contributed by atoms with Crippen molar-refractivity contribution in [2.24, 2.45) is 0 Å². The van der Waals surface area contributed by atoms with E-state index in [4.69, 9.17) is 21.4 Å². The quantitative estimate of drug-likeness (QED) is 0.644. The van der Waals surface area contributed by atoms with Gasteiger partial charge in [-0.15, -0.1) is 0 Å². The minimum Gasteiger partial charge on any atom is -0.482 e. The zero-order valence-corrected chi connectivity index (χ0v) is 11.3. The topological polar surface area (TPSA) is 46.5 Å². The van der Waals surface area contributed by atoms with Crippen LogP contribution in [0.2, 0.25) is 5.02 Å². The molecular formula is C14H12ClLiO3. The van der Waals surface area contributed by atoms with Crippen LogP contribution in [-0.4, -0.2) is 17.7 Å². The van der Waals surface area contributed by atoms with Crippen molar-refractivity contribution in [2.75, 3.05) is 6.61 Å². The van der Waals surface area contributed by atoms with E-state index in [1.54, 1.807) is 24.3 Å². The van der Waals surface area contributed by atoms with Gasteiger partial charge in [-0.2, -0.15) is 36.4 Å². The first-order chi connectivity index (χ1) is 8.68. The van der Waals surface area contributed by atoms with Crippen molar-refractivity contribution in [1.29, 1.82) is 0 Å². The molecular weight excluding hydrogens is 259 g/mol. The van der Waals surface area contributed by atoms with Crippen LogP contribution >= 0.6 is 11.6 Å². The third-order valence-electron chi connectivity index (χ3n) is 1.78. The van der Waals surface area contributed by atoms with Crippen molar-refractivity contribution in [3.05, 3.63) is 65.7 Å². The van der Waals surface area contributed by atoms with Crippen molar-refractivity contribution < 1.29 is 33.5 Å². The average molecular weight is 271 g/mol. The molecule has 94 valence electrons. The second kappa shape index (κ2) is 10.5. The smallest absolute Gasteiger partial charge is 0.482 e. The number of carbonyl (C=O) groups is 1. The maximum Gasteiger partial charge on any atom is 1.00 e. The van der Waals surface area contributed by atoms with Gasteiger partial charge in [0, 0.05) is 5.02 Å². The summed E-state index contributed by atoms with van der Waals surface area (Å²) in [5, 5.41) is 8.87. The summed E-state index contributed by atoms with van der Waals surface area (Å²) in [5.74, 6) is -0.494. The third-order valence-corrected chi connectivity index (χ3v) is 2.04. The second-order valence-electron chi connectivity index (χ2n) is 3.21. The van der Waals surface area contributed by atoms with E-state index in [0.29, 0.717) is 10.8 Å². The Balaban J connectivity index is 0.000000392. The van der Waals surface area contributed by atoms with Crippen molar-refractivity contribution in [3.8, 4) is 5.75 Å². The van der Waals surface area contributed by atoms with Gasteiger partial charge in [0.15, 0.2) is 6.61 Å². The van der Waals surface area contributed by atoms with Crippen molar-refractivity contribution in [1.82, 2.24) is 0 Å². The Hall–Kier alpha value is -1.40. The van der Waals surface area contributed by atoms with Crippen LogP contribution in [0.3, 0.4) is 0 Å². The summed E-state index contributed by atoms with van der Waals surface area (Å²) in [5.41, 5.74) is 0. The largest absolute Gasteiger partial charge is 1.00 e. The molecule has 1 N–H and O–H groups in total. The molecule has 0 aliphatic carbocycles. The van der Waals surface area contributed by atoms with Crippen molar-refractivity contribution >= 4 is 17.6 Å². The molecule has 0 spiro atoms. The molecule has 0 saturated carbocycles. The van der Waals surface area contributed by atoms with Gasteiger partial charge in [-0.1, -0.05) is 11.6 Å². The molecule has 0 fully saturated rings. The number of carboxylic acids is 1. The van der Waals surface area contributed by atoms with E-state index in [0.717, 1.165) is 0 Å². The first kappa shape index (κ1) is 17.6. The Morgan fingerprint density at radius 2 is 1.74 bits per heavy atom. The van der Waals surface area contributed by atoms with Gasteiger partial charge in [-0.3, -0.25) is 0 Å². The van der Waals surface area contributed by atoms with Crippen LogP contribution in [0.25, 0.3) is 0 Å². The summed E-state index contributed by atoms with van der Waals surface area (Å²) in [6, 6.07) is 19.0. The summed E-state index contributed by atoms with van der Waals surface area (Å²) in [6.07, 6.45) is 0. The van der Waals surface area contributed by atoms with Gasteiger partial charge in [0.2, 0.25) is 0 Å². The number of carboxylic acid groups (broad SMARTS) is 1. The van der Waals surface area contributed by atoms with Crippen LogP contribution in [0.1, 0.15) is 0 Å². The molecule has 0 saturated heterocycles. The Morgan fingerprint density at radius 1 is 1.16 bits per heavy atom. The van der Waals surface area contributed by atoms with Gasteiger partial charge in [-0.25, -0.2) is 4.79 Å². The van der Waals surface area contributed by atoms with Gasteiger partial charge < -0.3 is 9.84 Å². The molecule has 0 bridgehead atoms. The molecule has 2 aromatic carbocycles. The van der Waals surface area contributed by atoms with Gasteiger partial charge in [-0.05, 0) is 24.3 Å². The number of benzene rings is 2. The minimum absolute atomic E-state index is 0. The molecule has 0 radical (unpaired) electrons. The Kier molecular flexibility index (Phi) is 9.74. The maximum absolute atomic E-state index is 10.1. The SMILES string of the molecule is O=C(O)COc1ccc(Cl)cc1.[Li+].[c-]1ccccc1. The van der Waals surface area contributed by atoms with Gasteiger partial charge in [0.25, 0.3) is 0 Å². The first-order valence-electron chi connectivity index (χ1n) is 5.20. The molecule has 5 heteroatoms. The van der Waals surface area contributed by atoms with Crippen LogP contribution in [0.15, 0.2) is 54.6 Å². The van der Waals surface area contributed by atoms with Crippen LogP contribution in [0.5, 0.6) is 5.75 Å². The van der Waals surface area contributed by atoms with E-state index in [2.05, 4.69) is 6.07 Å². The Labute approximate surface area is 129 Å². The van der Waals surface area contributed by atoms with Gasteiger partial charge in [0.05, 0.1) is 0 Å². The fourth-order valence-electron chi connectivity index (χ4n) is 1.02.